The van der Waals surface area contributed by atoms with Crippen molar-refractivity contribution < 1.29 is 13.2 Å². The van der Waals surface area contributed by atoms with Crippen molar-refractivity contribution >= 4 is 44.3 Å². The maximum atomic E-state index is 12.8. The number of piperidine rings is 2. The standard InChI is InChI=1S/C19H22F3N5S2/c1-18(2)9-23-17(29-18)27-8-11-3-4-12(27)7-26(11)15-14-5-13(6-19(20,21)22)28-16(14)25-10-24-15/h5,10-12H,3-4,6-9H2,1-2H3. The molecule has 4 aliphatic rings. The second-order valence-electron chi connectivity index (χ2n) is 8.57. The molecule has 0 saturated carbocycles. The number of amidine groups is 1. The summed E-state index contributed by atoms with van der Waals surface area (Å²) in [4.78, 5) is 19.1. The first-order chi connectivity index (χ1) is 13.7. The van der Waals surface area contributed by atoms with E-state index in [0.29, 0.717) is 10.9 Å². The molecule has 4 aliphatic heterocycles. The minimum Gasteiger partial charge on any atom is -0.349 e. The van der Waals surface area contributed by atoms with Gasteiger partial charge in [0.1, 0.15) is 17.0 Å². The van der Waals surface area contributed by atoms with Crippen LogP contribution in [0, 0.1) is 0 Å². The quantitative estimate of drug-likeness (QED) is 0.694. The number of nitrogens with zero attached hydrogens (tertiary/aromatic N) is 5. The summed E-state index contributed by atoms with van der Waals surface area (Å²) in [6.07, 6.45) is -1.48. The van der Waals surface area contributed by atoms with E-state index in [1.165, 1.54) is 6.33 Å². The average Bonchev–Trinajstić information content (AvgIpc) is 3.22. The van der Waals surface area contributed by atoms with E-state index in [0.717, 1.165) is 60.2 Å². The molecule has 0 amide bonds. The molecular formula is C19H22F3N5S2. The van der Waals surface area contributed by atoms with E-state index in [9.17, 15) is 13.2 Å². The van der Waals surface area contributed by atoms with Crippen molar-refractivity contribution in [1.82, 2.24) is 14.9 Å². The van der Waals surface area contributed by atoms with Gasteiger partial charge in [0.25, 0.3) is 0 Å². The predicted octanol–water partition coefficient (Wildman–Crippen LogP) is 4.33. The lowest BCUT2D eigenvalue weighted by Gasteiger charge is -2.52. The van der Waals surface area contributed by atoms with Crippen LogP contribution < -0.4 is 4.90 Å². The lowest BCUT2D eigenvalue weighted by Crippen LogP contribution is -2.63. The van der Waals surface area contributed by atoms with Gasteiger partial charge < -0.3 is 9.80 Å². The van der Waals surface area contributed by atoms with Gasteiger partial charge in [-0.3, -0.25) is 4.99 Å². The normalized spacial score (nSPS) is 26.4. The lowest BCUT2D eigenvalue weighted by atomic mass is 9.91. The van der Waals surface area contributed by atoms with Gasteiger partial charge in [-0.25, -0.2) is 9.97 Å². The zero-order valence-corrected chi connectivity index (χ0v) is 17.9. The molecule has 2 aromatic rings. The molecule has 156 valence electrons. The van der Waals surface area contributed by atoms with Crippen LogP contribution >= 0.6 is 23.1 Å². The third kappa shape index (κ3) is 3.69. The van der Waals surface area contributed by atoms with Gasteiger partial charge in [0.05, 0.1) is 18.4 Å². The van der Waals surface area contributed by atoms with Crippen molar-refractivity contribution in [3.63, 3.8) is 0 Å². The maximum absolute atomic E-state index is 12.8. The third-order valence-corrected chi connectivity index (χ3v) is 8.01. The number of aliphatic imine (C=N–C) groups is 1. The van der Waals surface area contributed by atoms with Gasteiger partial charge in [-0.1, -0.05) is 11.8 Å². The summed E-state index contributed by atoms with van der Waals surface area (Å²) >= 11 is 2.96. The first-order valence-corrected chi connectivity index (χ1v) is 11.4. The lowest BCUT2D eigenvalue weighted by molar-refractivity contribution is -0.126. The molecule has 0 spiro atoms. The van der Waals surface area contributed by atoms with Crippen molar-refractivity contribution in [2.24, 2.45) is 4.99 Å². The van der Waals surface area contributed by atoms with E-state index >= 15 is 0 Å². The number of rotatable bonds is 2. The van der Waals surface area contributed by atoms with Crippen molar-refractivity contribution in [1.29, 1.82) is 0 Å². The minimum absolute atomic E-state index is 0.149. The molecule has 0 N–H and O–H groups in total. The van der Waals surface area contributed by atoms with E-state index in [1.54, 1.807) is 6.07 Å². The maximum Gasteiger partial charge on any atom is 0.393 e. The topological polar surface area (TPSA) is 44.6 Å². The highest BCUT2D eigenvalue weighted by Gasteiger charge is 2.43. The Balaban J connectivity index is 1.41. The summed E-state index contributed by atoms with van der Waals surface area (Å²) in [5.41, 5.74) is 0. The number of fused-ring (bicyclic) bond motifs is 4. The molecule has 2 aromatic heterocycles. The number of thioether (sulfide) groups is 1. The fourth-order valence-corrected chi connectivity index (χ4v) is 6.56. The van der Waals surface area contributed by atoms with Crippen LogP contribution in [0.15, 0.2) is 17.4 Å². The fraction of sp³-hybridized carbons (Fsp3) is 0.632. The van der Waals surface area contributed by atoms with Crippen LogP contribution in [-0.2, 0) is 6.42 Å². The summed E-state index contributed by atoms with van der Waals surface area (Å²) < 4.78 is 38.7. The Morgan fingerprint density at radius 2 is 1.86 bits per heavy atom. The smallest absolute Gasteiger partial charge is 0.349 e. The Morgan fingerprint density at radius 3 is 2.48 bits per heavy atom. The molecule has 0 aromatic carbocycles. The van der Waals surface area contributed by atoms with Crippen molar-refractivity contribution in [3.05, 3.63) is 17.3 Å². The SMILES string of the molecule is CC1(C)CN=C(N2CC3CCC2CN3c2ncnc3sc(CC(F)(F)F)cc23)S1. The van der Waals surface area contributed by atoms with E-state index in [2.05, 4.69) is 33.6 Å². The third-order valence-electron chi connectivity index (χ3n) is 5.74. The van der Waals surface area contributed by atoms with E-state index in [4.69, 9.17) is 4.99 Å². The number of anilines is 1. The van der Waals surface area contributed by atoms with E-state index < -0.39 is 12.6 Å². The molecule has 2 atom stereocenters. The van der Waals surface area contributed by atoms with Gasteiger partial charge in [0.2, 0.25) is 0 Å². The van der Waals surface area contributed by atoms with Crippen LogP contribution in [0.1, 0.15) is 31.6 Å². The van der Waals surface area contributed by atoms with Crippen molar-refractivity contribution in [2.45, 2.75) is 56.1 Å². The summed E-state index contributed by atoms with van der Waals surface area (Å²) in [6, 6.07) is 2.27. The molecule has 0 radical (unpaired) electrons. The number of piperazine rings is 1. The van der Waals surface area contributed by atoms with Crippen LogP contribution in [0.4, 0.5) is 19.0 Å². The highest BCUT2D eigenvalue weighted by molar-refractivity contribution is 8.15. The molecule has 2 unspecified atom stereocenters. The van der Waals surface area contributed by atoms with Crippen LogP contribution in [0.25, 0.3) is 10.2 Å². The fourth-order valence-electron chi connectivity index (χ4n) is 4.45. The van der Waals surface area contributed by atoms with Gasteiger partial charge in [-0.05, 0) is 32.8 Å². The molecule has 3 fully saturated rings. The van der Waals surface area contributed by atoms with Gasteiger partial charge in [-0.15, -0.1) is 11.3 Å². The molecule has 6 heterocycles. The molecule has 10 heteroatoms. The predicted molar refractivity (Wildman–Crippen MR) is 112 cm³/mol. The van der Waals surface area contributed by atoms with Crippen molar-refractivity contribution in [3.8, 4) is 0 Å². The monoisotopic (exact) mass is 441 g/mol. The summed E-state index contributed by atoms with van der Waals surface area (Å²) in [6.45, 7) is 6.98. The molecular weight excluding hydrogens is 419 g/mol. The van der Waals surface area contributed by atoms with Gasteiger partial charge in [0, 0.05) is 34.8 Å². The van der Waals surface area contributed by atoms with Crippen LogP contribution in [0.3, 0.4) is 0 Å². The summed E-state index contributed by atoms with van der Waals surface area (Å²) in [5, 5.41) is 1.88. The minimum atomic E-state index is -4.22. The zero-order chi connectivity index (χ0) is 20.4. The molecule has 0 aliphatic carbocycles. The number of alkyl halides is 3. The Bertz CT molecular complexity index is 970. The van der Waals surface area contributed by atoms with Crippen molar-refractivity contribution in [2.75, 3.05) is 24.5 Å². The summed E-state index contributed by atoms with van der Waals surface area (Å²) in [7, 11) is 0. The first-order valence-electron chi connectivity index (χ1n) is 9.75. The molecule has 6 rings (SSSR count). The van der Waals surface area contributed by atoms with Gasteiger partial charge in [0.15, 0.2) is 5.17 Å². The molecule has 29 heavy (non-hydrogen) atoms. The first kappa shape index (κ1) is 19.4. The average molecular weight is 442 g/mol. The largest absolute Gasteiger partial charge is 0.393 e. The number of thiophene rings is 1. The Labute approximate surface area is 175 Å². The number of hydrogen-bond donors (Lipinski definition) is 0. The van der Waals surface area contributed by atoms with Gasteiger partial charge in [-0.2, -0.15) is 13.2 Å². The Morgan fingerprint density at radius 1 is 1.14 bits per heavy atom. The molecule has 2 bridgehead atoms. The number of halogens is 3. The molecule has 3 saturated heterocycles. The highest BCUT2D eigenvalue weighted by atomic mass is 32.2. The Kier molecular flexibility index (Phi) is 4.51. The zero-order valence-electron chi connectivity index (χ0n) is 16.2. The van der Waals surface area contributed by atoms with Crippen LogP contribution in [0.5, 0.6) is 0 Å². The van der Waals surface area contributed by atoms with Crippen LogP contribution in [0.2, 0.25) is 0 Å². The second-order valence-corrected chi connectivity index (χ2v) is 11.4. The summed E-state index contributed by atoms with van der Waals surface area (Å²) in [5.74, 6) is 0.773. The number of aromatic nitrogens is 2. The van der Waals surface area contributed by atoms with E-state index in [-0.39, 0.29) is 15.7 Å². The van der Waals surface area contributed by atoms with E-state index in [1.807, 2.05) is 11.8 Å². The molecule has 5 nitrogen and oxygen atoms in total. The van der Waals surface area contributed by atoms with Crippen LogP contribution in [-0.4, -0.2) is 62.7 Å². The second kappa shape index (κ2) is 6.73. The highest BCUT2D eigenvalue weighted by Crippen LogP contribution is 2.41. The number of hydrogen-bond acceptors (Lipinski definition) is 7. The Hall–Kier alpha value is -1.55. The van der Waals surface area contributed by atoms with Gasteiger partial charge >= 0.3 is 6.18 Å².